The SMILES string of the molecule is Cc1cc(OC(c2ccc(C(=O)NCc3nn[nH]n3)cc2)C(C)C)cc(C)c1-c1ccc(C(F)(F)F)cc1. The molecule has 0 aliphatic carbocycles. The monoisotopic (exact) mass is 523 g/mol. The number of tetrazole rings is 1. The lowest BCUT2D eigenvalue weighted by Gasteiger charge is -2.24. The van der Waals surface area contributed by atoms with Crippen LogP contribution in [0.4, 0.5) is 13.2 Å². The number of aryl methyl sites for hydroxylation is 2. The number of nitrogens with one attached hydrogen (secondary N) is 2. The van der Waals surface area contributed by atoms with E-state index in [1.807, 2.05) is 52.0 Å². The lowest BCUT2D eigenvalue weighted by molar-refractivity contribution is -0.137. The highest BCUT2D eigenvalue weighted by atomic mass is 19.4. The minimum Gasteiger partial charge on any atom is -0.485 e. The van der Waals surface area contributed by atoms with Crippen molar-refractivity contribution >= 4 is 5.91 Å². The number of amides is 1. The van der Waals surface area contributed by atoms with E-state index in [9.17, 15) is 18.0 Å². The van der Waals surface area contributed by atoms with Crippen LogP contribution in [0.2, 0.25) is 0 Å². The first-order chi connectivity index (χ1) is 18.0. The predicted octanol–water partition coefficient (Wildman–Crippen LogP) is 6.21. The summed E-state index contributed by atoms with van der Waals surface area (Å²) in [5, 5.41) is 16.1. The Labute approximate surface area is 218 Å². The highest BCUT2D eigenvalue weighted by Gasteiger charge is 2.30. The van der Waals surface area contributed by atoms with Crippen molar-refractivity contribution in [2.45, 2.75) is 46.5 Å². The highest BCUT2D eigenvalue weighted by molar-refractivity contribution is 5.94. The number of H-pyrrole nitrogens is 1. The van der Waals surface area contributed by atoms with E-state index in [1.54, 1.807) is 12.1 Å². The summed E-state index contributed by atoms with van der Waals surface area (Å²) in [5.41, 5.74) is 4.12. The van der Waals surface area contributed by atoms with E-state index in [1.165, 1.54) is 12.1 Å². The third-order valence-electron chi connectivity index (χ3n) is 6.17. The van der Waals surface area contributed by atoms with Crippen LogP contribution in [0.5, 0.6) is 5.75 Å². The largest absolute Gasteiger partial charge is 0.485 e. The number of aromatic amines is 1. The summed E-state index contributed by atoms with van der Waals surface area (Å²) in [7, 11) is 0. The molecule has 10 heteroatoms. The van der Waals surface area contributed by atoms with Gasteiger partial charge in [0.15, 0.2) is 5.82 Å². The number of carbonyl (C=O) groups is 1. The van der Waals surface area contributed by atoms with Crippen LogP contribution in [0, 0.1) is 19.8 Å². The van der Waals surface area contributed by atoms with Gasteiger partial charge in [-0.05, 0) is 84.0 Å². The molecule has 1 heterocycles. The molecule has 198 valence electrons. The third-order valence-corrected chi connectivity index (χ3v) is 6.17. The number of hydrogen-bond acceptors (Lipinski definition) is 5. The molecule has 0 radical (unpaired) electrons. The first-order valence-corrected chi connectivity index (χ1v) is 12.1. The van der Waals surface area contributed by atoms with E-state index in [0.717, 1.165) is 34.4 Å². The molecule has 0 bridgehead atoms. The van der Waals surface area contributed by atoms with Gasteiger partial charge >= 0.3 is 6.18 Å². The molecule has 2 N–H and O–H groups in total. The average molecular weight is 524 g/mol. The Hall–Kier alpha value is -4.21. The van der Waals surface area contributed by atoms with Gasteiger partial charge in [-0.1, -0.05) is 43.3 Å². The van der Waals surface area contributed by atoms with Crippen molar-refractivity contribution in [3.63, 3.8) is 0 Å². The Morgan fingerprint density at radius 2 is 1.63 bits per heavy atom. The van der Waals surface area contributed by atoms with Crippen molar-refractivity contribution in [2.75, 3.05) is 0 Å². The fourth-order valence-electron chi connectivity index (χ4n) is 4.35. The highest BCUT2D eigenvalue weighted by Crippen LogP contribution is 2.36. The summed E-state index contributed by atoms with van der Waals surface area (Å²) >= 11 is 0. The lowest BCUT2D eigenvalue weighted by Crippen LogP contribution is -2.23. The second-order valence-electron chi connectivity index (χ2n) is 9.42. The fourth-order valence-corrected chi connectivity index (χ4v) is 4.35. The molecule has 3 aromatic carbocycles. The number of nitrogens with zero attached hydrogens (tertiary/aromatic N) is 3. The Kier molecular flexibility index (Phi) is 7.80. The Balaban J connectivity index is 1.50. The van der Waals surface area contributed by atoms with Gasteiger partial charge in [0, 0.05) is 5.56 Å². The molecule has 0 fully saturated rings. The molecule has 1 aromatic heterocycles. The van der Waals surface area contributed by atoms with Crippen molar-refractivity contribution < 1.29 is 22.7 Å². The molecule has 1 unspecified atom stereocenters. The number of carbonyl (C=O) groups excluding carboxylic acids is 1. The molecular formula is C28H28F3N5O2. The van der Waals surface area contributed by atoms with Crippen LogP contribution in [0.15, 0.2) is 60.7 Å². The molecule has 1 amide bonds. The number of rotatable bonds is 8. The Bertz CT molecular complexity index is 1360. The third kappa shape index (κ3) is 6.19. The molecule has 1 atom stereocenters. The van der Waals surface area contributed by atoms with Crippen molar-refractivity contribution in [3.8, 4) is 16.9 Å². The quantitative estimate of drug-likeness (QED) is 0.287. The summed E-state index contributed by atoms with van der Waals surface area (Å²) < 4.78 is 45.3. The van der Waals surface area contributed by atoms with Crippen LogP contribution >= 0.6 is 0 Å². The van der Waals surface area contributed by atoms with Crippen LogP contribution in [0.25, 0.3) is 11.1 Å². The second-order valence-corrected chi connectivity index (χ2v) is 9.42. The van der Waals surface area contributed by atoms with E-state index in [4.69, 9.17) is 4.74 Å². The molecule has 7 nitrogen and oxygen atoms in total. The first-order valence-electron chi connectivity index (χ1n) is 12.1. The van der Waals surface area contributed by atoms with Gasteiger partial charge in [-0.25, -0.2) is 0 Å². The molecule has 0 saturated heterocycles. The van der Waals surface area contributed by atoms with Crippen molar-refractivity contribution in [2.24, 2.45) is 5.92 Å². The van der Waals surface area contributed by atoms with Crippen LogP contribution in [0.1, 0.15) is 58.4 Å². The molecule has 4 rings (SSSR count). The number of benzene rings is 3. The topological polar surface area (TPSA) is 92.8 Å². The second kappa shape index (κ2) is 11.0. The van der Waals surface area contributed by atoms with Crippen LogP contribution in [-0.4, -0.2) is 26.5 Å². The molecule has 38 heavy (non-hydrogen) atoms. The molecule has 4 aromatic rings. The smallest absolute Gasteiger partial charge is 0.416 e. The maximum Gasteiger partial charge on any atom is 0.416 e. The Morgan fingerprint density at radius 3 is 2.16 bits per heavy atom. The lowest BCUT2D eigenvalue weighted by atomic mass is 9.94. The van der Waals surface area contributed by atoms with E-state index >= 15 is 0 Å². The molecule has 0 saturated carbocycles. The van der Waals surface area contributed by atoms with Gasteiger partial charge in [-0.3, -0.25) is 4.79 Å². The minimum atomic E-state index is -4.37. The summed E-state index contributed by atoms with van der Waals surface area (Å²) in [6.45, 7) is 8.09. The minimum absolute atomic E-state index is 0.128. The maximum absolute atomic E-state index is 13.0. The predicted molar refractivity (Wildman–Crippen MR) is 136 cm³/mol. The molecular weight excluding hydrogens is 495 g/mol. The van der Waals surface area contributed by atoms with E-state index in [0.29, 0.717) is 22.7 Å². The summed E-state index contributed by atoms with van der Waals surface area (Å²) in [5.74, 6) is 0.922. The van der Waals surface area contributed by atoms with E-state index in [2.05, 4.69) is 25.9 Å². The van der Waals surface area contributed by atoms with Crippen molar-refractivity contribution in [1.82, 2.24) is 25.9 Å². The van der Waals surface area contributed by atoms with Crippen LogP contribution in [0.3, 0.4) is 0 Å². The normalized spacial score (nSPS) is 12.4. The number of alkyl halides is 3. The van der Waals surface area contributed by atoms with Gasteiger partial charge in [0.1, 0.15) is 11.9 Å². The van der Waals surface area contributed by atoms with E-state index in [-0.39, 0.29) is 24.5 Å². The van der Waals surface area contributed by atoms with Crippen LogP contribution < -0.4 is 10.1 Å². The first kappa shape index (κ1) is 26.8. The number of hydrogen-bond donors (Lipinski definition) is 2. The van der Waals surface area contributed by atoms with Crippen molar-refractivity contribution in [3.05, 3.63) is 94.3 Å². The Morgan fingerprint density at radius 1 is 1.00 bits per heavy atom. The van der Waals surface area contributed by atoms with Crippen LogP contribution in [-0.2, 0) is 12.7 Å². The average Bonchev–Trinajstić information content (AvgIpc) is 3.39. The van der Waals surface area contributed by atoms with Gasteiger partial charge < -0.3 is 10.1 Å². The zero-order chi connectivity index (χ0) is 27.4. The number of aromatic nitrogens is 4. The van der Waals surface area contributed by atoms with Gasteiger partial charge in [-0.2, -0.15) is 18.4 Å². The summed E-state index contributed by atoms with van der Waals surface area (Å²) in [6.07, 6.45) is -4.65. The zero-order valence-corrected chi connectivity index (χ0v) is 21.4. The van der Waals surface area contributed by atoms with E-state index < -0.39 is 11.7 Å². The summed E-state index contributed by atoms with van der Waals surface area (Å²) in [4.78, 5) is 12.5. The number of halogens is 3. The fraction of sp³-hybridized carbons (Fsp3) is 0.286. The molecule has 0 aliphatic heterocycles. The van der Waals surface area contributed by atoms with Gasteiger partial charge in [0.05, 0.1) is 12.1 Å². The molecule has 0 spiro atoms. The summed E-state index contributed by atoms with van der Waals surface area (Å²) in [6, 6.07) is 16.2. The maximum atomic E-state index is 13.0. The van der Waals surface area contributed by atoms with Gasteiger partial charge in [0.2, 0.25) is 0 Å². The standard InChI is InChI=1S/C28H28F3N5O2/c1-16(2)26(20-5-7-21(8-6-20)27(37)32-15-24-33-35-36-34-24)38-23-13-17(3)25(18(4)14-23)19-9-11-22(12-10-19)28(29,30)31/h5-14,16,26H,15H2,1-4H3,(H,32,37)(H,33,34,35,36). The zero-order valence-electron chi connectivity index (χ0n) is 21.4. The number of ether oxygens (including phenoxy) is 1. The van der Waals surface area contributed by atoms with Crippen molar-refractivity contribution in [1.29, 1.82) is 0 Å². The van der Waals surface area contributed by atoms with Gasteiger partial charge in [0.25, 0.3) is 5.91 Å². The molecule has 0 aliphatic rings. The van der Waals surface area contributed by atoms with Gasteiger partial charge in [-0.15, -0.1) is 10.2 Å².